The highest BCUT2D eigenvalue weighted by Crippen LogP contribution is 2.31. The summed E-state index contributed by atoms with van der Waals surface area (Å²) in [5.41, 5.74) is 8.03. The van der Waals surface area contributed by atoms with Crippen molar-refractivity contribution in [2.45, 2.75) is 25.1 Å². The van der Waals surface area contributed by atoms with E-state index in [0.29, 0.717) is 0 Å². The number of nitrogens with one attached hydrogen (secondary N) is 2. The van der Waals surface area contributed by atoms with Gasteiger partial charge in [0.1, 0.15) is 0 Å². The molecule has 142 valence electrons. The number of aliphatic hydroxyl groups excluding tert-OH is 1. The molecule has 0 unspecified atom stereocenters. The monoisotopic (exact) mass is 391 g/mol. The number of rotatable bonds is 4. The minimum atomic E-state index is -0.359. The third kappa shape index (κ3) is 3.42. The number of halogens is 1. The topological polar surface area (TPSA) is 60.9 Å². The maximum atomic E-state index is 10.4. The SMILES string of the molecule is Cl.O[C@H]1Cc2ccccc2[C@@H]1NCc1ccc(-c2ccc3[nH]cnc3c2)cc1. The van der Waals surface area contributed by atoms with Crippen LogP contribution in [0.15, 0.2) is 73.1 Å². The van der Waals surface area contributed by atoms with E-state index >= 15 is 0 Å². The van der Waals surface area contributed by atoms with E-state index in [1.807, 2.05) is 12.1 Å². The number of hydrogen-bond acceptors (Lipinski definition) is 3. The van der Waals surface area contributed by atoms with Crippen LogP contribution in [0.2, 0.25) is 0 Å². The molecule has 5 rings (SSSR count). The van der Waals surface area contributed by atoms with E-state index in [2.05, 4.69) is 69.9 Å². The lowest BCUT2D eigenvalue weighted by molar-refractivity contribution is 0.140. The van der Waals surface area contributed by atoms with Crippen LogP contribution in [0.5, 0.6) is 0 Å². The number of nitrogens with zero attached hydrogens (tertiary/aromatic N) is 1. The minimum absolute atomic E-state index is 0. The molecule has 1 aliphatic rings. The summed E-state index contributed by atoms with van der Waals surface area (Å²) in [6.45, 7) is 0.731. The Morgan fingerprint density at radius 3 is 2.64 bits per heavy atom. The first-order chi connectivity index (χ1) is 13.3. The van der Waals surface area contributed by atoms with Crippen molar-refractivity contribution >= 4 is 23.4 Å². The predicted molar refractivity (Wildman–Crippen MR) is 115 cm³/mol. The van der Waals surface area contributed by atoms with Crippen LogP contribution in [0, 0.1) is 0 Å². The van der Waals surface area contributed by atoms with Crippen molar-refractivity contribution in [1.82, 2.24) is 15.3 Å². The van der Waals surface area contributed by atoms with Gasteiger partial charge in [-0.15, -0.1) is 12.4 Å². The quantitative estimate of drug-likeness (QED) is 0.483. The average molecular weight is 392 g/mol. The molecule has 3 N–H and O–H groups in total. The van der Waals surface area contributed by atoms with Crippen molar-refractivity contribution in [3.05, 3.63) is 89.7 Å². The lowest BCUT2D eigenvalue weighted by atomic mass is 10.0. The molecule has 1 heterocycles. The van der Waals surface area contributed by atoms with Crippen molar-refractivity contribution in [3.8, 4) is 11.1 Å². The van der Waals surface area contributed by atoms with Gasteiger partial charge in [0.2, 0.25) is 0 Å². The van der Waals surface area contributed by atoms with Crippen LogP contribution >= 0.6 is 12.4 Å². The van der Waals surface area contributed by atoms with Gasteiger partial charge in [0.05, 0.1) is 29.5 Å². The largest absolute Gasteiger partial charge is 0.391 e. The molecule has 2 atom stereocenters. The van der Waals surface area contributed by atoms with Crippen LogP contribution in [-0.2, 0) is 13.0 Å². The smallest absolute Gasteiger partial charge is 0.0931 e. The summed E-state index contributed by atoms with van der Waals surface area (Å²) in [5, 5.41) is 13.9. The molecule has 4 aromatic rings. The molecule has 1 aromatic heterocycles. The molecule has 0 fully saturated rings. The zero-order valence-electron chi connectivity index (χ0n) is 15.3. The third-order valence-corrected chi connectivity index (χ3v) is 5.44. The Morgan fingerprint density at radius 2 is 1.79 bits per heavy atom. The highest BCUT2D eigenvalue weighted by Gasteiger charge is 2.29. The molecule has 0 amide bonds. The molecular weight excluding hydrogens is 370 g/mol. The maximum absolute atomic E-state index is 10.4. The van der Waals surface area contributed by atoms with Crippen molar-refractivity contribution in [2.75, 3.05) is 0 Å². The van der Waals surface area contributed by atoms with Gasteiger partial charge in [-0.25, -0.2) is 4.98 Å². The molecule has 0 saturated carbocycles. The average Bonchev–Trinajstić information content (AvgIpc) is 3.29. The predicted octanol–water partition coefficient (Wildman–Crippen LogP) is 4.40. The highest BCUT2D eigenvalue weighted by molar-refractivity contribution is 5.85. The number of imidazole rings is 1. The zero-order chi connectivity index (χ0) is 18.2. The van der Waals surface area contributed by atoms with E-state index in [0.717, 1.165) is 29.6 Å². The lowest BCUT2D eigenvalue weighted by Crippen LogP contribution is -2.28. The summed E-state index contributed by atoms with van der Waals surface area (Å²) in [5.74, 6) is 0. The summed E-state index contributed by atoms with van der Waals surface area (Å²) in [6.07, 6.45) is 2.09. The maximum Gasteiger partial charge on any atom is 0.0931 e. The van der Waals surface area contributed by atoms with E-state index in [1.165, 1.54) is 22.3 Å². The van der Waals surface area contributed by atoms with Gasteiger partial charge in [0.25, 0.3) is 0 Å². The highest BCUT2D eigenvalue weighted by atomic mass is 35.5. The third-order valence-electron chi connectivity index (χ3n) is 5.44. The van der Waals surface area contributed by atoms with Crippen LogP contribution in [0.3, 0.4) is 0 Å². The van der Waals surface area contributed by atoms with E-state index in [9.17, 15) is 5.11 Å². The molecule has 28 heavy (non-hydrogen) atoms. The van der Waals surface area contributed by atoms with Gasteiger partial charge in [-0.05, 0) is 39.9 Å². The van der Waals surface area contributed by atoms with Crippen LogP contribution in [0.1, 0.15) is 22.7 Å². The van der Waals surface area contributed by atoms with Gasteiger partial charge in [-0.1, -0.05) is 54.6 Å². The van der Waals surface area contributed by atoms with Gasteiger partial charge in [0, 0.05) is 13.0 Å². The van der Waals surface area contributed by atoms with Gasteiger partial charge in [-0.3, -0.25) is 0 Å². The second kappa shape index (κ2) is 7.76. The van der Waals surface area contributed by atoms with Crippen molar-refractivity contribution in [3.63, 3.8) is 0 Å². The van der Waals surface area contributed by atoms with Crippen molar-refractivity contribution < 1.29 is 5.11 Å². The number of fused-ring (bicyclic) bond motifs is 2. The number of aromatic amines is 1. The first-order valence-electron chi connectivity index (χ1n) is 9.30. The van der Waals surface area contributed by atoms with E-state index in [4.69, 9.17) is 0 Å². The number of H-pyrrole nitrogens is 1. The molecular formula is C23H22ClN3O. The normalized spacial score (nSPS) is 18.0. The summed E-state index contributed by atoms with van der Waals surface area (Å²) >= 11 is 0. The zero-order valence-corrected chi connectivity index (χ0v) is 16.1. The molecule has 4 nitrogen and oxygen atoms in total. The van der Waals surface area contributed by atoms with Gasteiger partial charge in [0.15, 0.2) is 0 Å². The Kier molecular flexibility index (Phi) is 5.18. The van der Waals surface area contributed by atoms with E-state index in [-0.39, 0.29) is 24.6 Å². The molecule has 0 bridgehead atoms. The number of hydrogen-bond donors (Lipinski definition) is 3. The molecule has 0 aliphatic heterocycles. The first-order valence-corrected chi connectivity index (χ1v) is 9.30. The van der Waals surface area contributed by atoms with Gasteiger partial charge in [-0.2, -0.15) is 0 Å². The van der Waals surface area contributed by atoms with Crippen molar-refractivity contribution in [2.24, 2.45) is 0 Å². The van der Waals surface area contributed by atoms with Crippen LogP contribution < -0.4 is 5.32 Å². The van der Waals surface area contributed by atoms with E-state index < -0.39 is 0 Å². The molecule has 5 heteroatoms. The Morgan fingerprint density at radius 1 is 1.00 bits per heavy atom. The number of benzene rings is 3. The fraction of sp³-hybridized carbons (Fsp3) is 0.174. The second-order valence-electron chi connectivity index (χ2n) is 7.16. The first kappa shape index (κ1) is 18.7. The van der Waals surface area contributed by atoms with E-state index in [1.54, 1.807) is 6.33 Å². The van der Waals surface area contributed by atoms with Gasteiger partial charge >= 0.3 is 0 Å². The number of aromatic nitrogens is 2. The van der Waals surface area contributed by atoms with Crippen LogP contribution in [0.4, 0.5) is 0 Å². The Balaban J connectivity index is 0.00000192. The summed E-state index contributed by atoms with van der Waals surface area (Å²) in [4.78, 5) is 7.45. The summed E-state index contributed by atoms with van der Waals surface area (Å²) in [7, 11) is 0. The van der Waals surface area contributed by atoms with Crippen LogP contribution in [-0.4, -0.2) is 21.2 Å². The molecule has 1 aliphatic carbocycles. The Hall–Kier alpha value is -2.66. The Labute approximate surface area is 170 Å². The summed E-state index contributed by atoms with van der Waals surface area (Å²) in [6, 6.07) is 23.1. The fourth-order valence-corrected chi connectivity index (χ4v) is 3.97. The number of aliphatic hydroxyl groups is 1. The molecule has 3 aromatic carbocycles. The minimum Gasteiger partial charge on any atom is -0.391 e. The Bertz CT molecular complexity index is 1090. The van der Waals surface area contributed by atoms with Crippen molar-refractivity contribution in [1.29, 1.82) is 0 Å². The molecule has 0 spiro atoms. The standard InChI is InChI=1S/C23H21N3O.ClH/c27-22-12-18-3-1-2-4-19(18)23(22)24-13-15-5-7-16(8-6-15)17-9-10-20-21(11-17)26-14-25-20;/h1-11,14,22-24,27H,12-13H2,(H,25,26);1H/t22-,23-;/m0./s1. The van der Waals surface area contributed by atoms with Crippen LogP contribution in [0.25, 0.3) is 22.2 Å². The summed E-state index contributed by atoms with van der Waals surface area (Å²) < 4.78 is 0. The van der Waals surface area contributed by atoms with Gasteiger partial charge < -0.3 is 15.4 Å². The fourth-order valence-electron chi connectivity index (χ4n) is 3.97. The second-order valence-corrected chi connectivity index (χ2v) is 7.16. The molecule has 0 radical (unpaired) electrons. The molecule has 0 saturated heterocycles. The lowest BCUT2D eigenvalue weighted by Gasteiger charge is -2.18.